The van der Waals surface area contributed by atoms with E-state index in [1.807, 2.05) is 0 Å². The second-order valence-corrected chi connectivity index (χ2v) is 14.3. The third-order valence-corrected chi connectivity index (χ3v) is 9.37. The van der Waals surface area contributed by atoms with E-state index >= 15 is 0 Å². The molecule has 1 heterocycles. The van der Waals surface area contributed by atoms with Crippen LogP contribution < -0.4 is 5.32 Å². The van der Waals surface area contributed by atoms with Crippen LogP contribution in [0.5, 0.6) is 0 Å². The number of hydrogen-bond donors (Lipinski definition) is 2. The Labute approximate surface area is 301 Å². The van der Waals surface area contributed by atoms with Crippen molar-refractivity contribution in [2.45, 2.75) is 148 Å². The van der Waals surface area contributed by atoms with Gasteiger partial charge >= 0.3 is 25.4 Å². The highest BCUT2D eigenvalue weighted by Gasteiger charge is 2.26. The molecule has 2 N–H and O–H groups in total. The molecule has 0 bridgehead atoms. The van der Waals surface area contributed by atoms with E-state index in [0.29, 0.717) is 18.5 Å². The number of nitro groups is 1. The zero-order valence-corrected chi connectivity index (χ0v) is 31.4. The molecule has 0 aliphatic rings. The van der Waals surface area contributed by atoms with Crippen molar-refractivity contribution < 1.29 is 47.1 Å². The van der Waals surface area contributed by atoms with Gasteiger partial charge in [0.2, 0.25) is 5.52 Å². The molecular weight excluding hydrogens is 683 g/mol. The molecule has 2 rings (SSSR count). The summed E-state index contributed by atoms with van der Waals surface area (Å²) in [4.78, 5) is 45.9. The number of nitro benzene ring substituents is 1. The topological polar surface area (TPSA) is 202 Å². The summed E-state index contributed by atoms with van der Waals surface area (Å²) in [5.74, 6) is -0.939. The highest BCUT2D eigenvalue weighted by atomic mass is 31.2. The van der Waals surface area contributed by atoms with E-state index in [9.17, 15) is 29.2 Å². The average molecular weight is 743 g/mol. The zero-order valence-electron chi connectivity index (χ0n) is 30.5. The number of anilines is 1. The molecule has 0 radical (unpaired) electrons. The van der Waals surface area contributed by atoms with Crippen LogP contribution in [-0.4, -0.2) is 64.5 Å². The number of rotatable bonds is 32. The van der Waals surface area contributed by atoms with Gasteiger partial charge in [0, 0.05) is 25.5 Å². The van der Waals surface area contributed by atoms with Gasteiger partial charge in [-0.1, -0.05) is 117 Å². The van der Waals surface area contributed by atoms with Crippen LogP contribution in [0.15, 0.2) is 16.8 Å². The Hall–Kier alpha value is -3.13. The van der Waals surface area contributed by atoms with Crippen LogP contribution in [0, 0.1) is 10.1 Å². The van der Waals surface area contributed by atoms with Gasteiger partial charge in [0.05, 0.1) is 23.8 Å². The van der Waals surface area contributed by atoms with Crippen molar-refractivity contribution in [3.63, 3.8) is 0 Å². The number of aromatic nitrogens is 2. The van der Waals surface area contributed by atoms with E-state index < -0.39 is 37.4 Å². The Balaban J connectivity index is 1.78. The second kappa shape index (κ2) is 26.6. The smallest absolute Gasteiger partial charge is 0.462 e. The quantitative estimate of drug-likeness (QED) is 0.0236. The summed E-state index contributed by atoms with van der Waals surface area (Å²) in [6, 6.07) is 2.64. The predicted molar refractivity (Wildman–Crippen MR) is 193 cm³/mol. The first-order valence-corrected chi connectivity index (χ1v) is 20.3. The fourth-order valence-corrected chi connectivity index (χ4v) is 6.23. The lowest BCUT2D eigenvalue weighted by Gasteiger charge is -2.20. The molecule has 51 heavy (non-hydrogen) atoms. The molecule has 0 aliphatic carbocycles. The summed E-state index contributed by atoms with van der Waals surface area (Å²) in [5, 5.41) is 21.3. The lowest BCUT2D eigenvalue weighted by Crippen LogP contribution is -2.29. The van der Waals surface area contributed by atoms with Crippen molar-refractivity contribution in [2.24, 2.45) is 0 Å². The molecule has 0 aliphatic heterocycles. The fraction of sp³-hybridized carbons (Fsp3) is 0.771. The minimum absolute atomic E-state index is 0.00130. The summed E-state index contributed by atoms with van der Waals surface area (Å²) in [5.41, 5.74) is 0.137. The highest BCUT2D eigenvalue weighted by molar-refractivity contribution is 7.47. The Morgan fingerprint density at radius 2 is 1.33 bits per heavy atom. The Bertz CT molecular complexity index is 1330. The van der Waals surface area contributed by atoms with E-state index in [2.05, 4.69) is 34.1 Å². The number of hydrogen-bond acceptors (Lipinski definition) is 13. The maximum absolute atomic E-state index is 12.6. The van der Waals surface area contributed by atoms with Crippen LogP contribution in [0.3, 0.4) is 0 Å². The molecule has 0 spiro atoms. The molecule has 1 aromatic carbocycles. The van der Waals surface area contributed by atoms with Gasteiger partial charge in [0.15, 0.2) is 11.6 Å². The lowest BCUT2D eigenvalue weighted by molar-refractivity contribution is -0.383. The average Bonchev–Trinajstić information content (AvgIpc) is 3.60. The van der Waals surface area contributed by atoms with Gasteiger partial charge in [-0.3, -0.25) is 28.8 Å². The van der Waals surface area contributed by atoms with Crippen molar-refractivity contribution in [1.82, 2.24) is 10.3 Å². The van der Waals surface area contributed by atoms with Gasteiger partial charge in [0.1, 0.15) is 6.61 Å². The number of phosphoric ester groups is 1. The lowest BCUT2D eigenvalue weighted by atomic mass is 10.1. The first-order chi connectivity index (χ1) is 24.7. The summed E-state index contributed by atoms with van der Waals surface area (Å²) in [6.45, 7) is 3.25. The summed E-state index contributed by atoms with van der Waals surface area (Å²) >= 11 is 0. The Morgan fingerprint density at radius 3 is 1.90 bits per heavy atom. The zero-order chi connectivity index (χ0) is 37.2. The van der Waals surface area contributed by atoms with Gasteiger partial charge in [0.25, 0.3) is 0 Å². The number of ether oxygens (including phenoxy) is 2. The standard InChI is InChI=1S/C35H59N4O11P/c1-3-5-7-9-11-13-15-17-19-21-32(40)46-27-29(49-33(41)22-20-18-16-14-12-10-8-6-4-2)28-48-51(44,45)47-26-25-36-30-23-24-31(39(42)43)35-34(30)37-50-38-35/h23-24,29,36H,3-22,25-28H2,1-2H3,(H,44,45)/t29-/m0/s1. The summed E-state index contributed by atoms with van der Waals surface area (Å²) < 4.78 is 38.3. The molecule has 290 valence electrons. The fourth-order valence-electron chi connectivity index (χ4n) is 5.48. The normalized spacial score (nSPS) is 13.2. The molecule has 2 aromatic rings. The number of phosphoric acid groups is 1. The SMILES string of the molecule is CCCCCCCCCCCC(=O)OC[C@@H](COP(=O)(O)OCCNc1ccc([N+](=O)[O-])c2nonc12)OC(=O)CCCCCCCCCCC. The molecule has 0 amide bonds. The van der Waals surface area contributed by atoms with Crippen LogP contribution in [0.1, 0.15) is 142 Å². The van der Waals surface area contributed by atoms with E-state index in [0.717, 1.165) is 38.5 Å². The van der Waals surface area contributed by atoms with Gasteiger partial charge in [-0.15, -0.1) is 0 Å². The van der Waals surface area contributed by atoms with Crippen molar-refractivity contribution >= 4 is 42.2 Å². The van der Waals surface area contributed by atoms with Crippen LogP contribution in [0.25, 0.3) is 11.0 Å². The Morgan fingerprint density at radius 1 is 0.804 bits per heavy atom. The van der Waals surface area contributed by atoms with Crippen molar-refractivity contribution in [3.05, 3.63) is 22.2 Å². The number of carbonyl (C=O) groups is 2. The third kappa shape index (κ3) is 19.9. The summed E-state index contributed by atoms with van der Waals surface area (Å²) in [6.07, 6.45) is 19.2. The largest absolute Gasteiger partial charge is 0.472 e. The number of fused-ring (bicyclic) bond motifs is 1. The van der Waals surface area contributed by atoms with E-state index in [-0.39, 0.29) is 49.3 Å². The number of unbranched alkanes of at least 4 members (excludes halogenated alkanes) is 16. The molecule has 0 saturated carbocycles. The minimum atomic E-state index is -4.61. The number of nitrogens with one attached hydrogen (secondary N) is 1. The van der Waals surface area contributed by atoms with Crippen molar-refractivity contribution in [3.8, 4) is 0 Å². The number of non-ortho nitro benzene ring substituents is 1. The highest BCUT2D eigenvalue weighted by Crippen LogP contribution is 2.43. The van der Waals surface area contributed by atoms with Crippen LogP contribution in [0.4, 0.5) is 11.4 Å². The molecule has 1 unspecified atom stereocenters. The molecule has 2 atom stereocenters. The molecule has 16 heteroatoms. The molecule has 0 fully saturated rings. The van der Waals surface area contributed by atoms with Crippen molar-refractivity contribution in [2.75, 3.05) is 31.7 Å². The van der Waals surface area contributed by atoms with Crippen LogP contribution in [-0.2, 0) is 32.7 Å². The molecule has 1 aromatic heterocycles. The first-order valence-electron chi connectivity index (χ1n) is 18.8. The maximum atomic E-state index is 12.6. The molecule has 0 saturated heterocycles. The van der Waals surface area contributed by atoms with Gasteiger partial charge in [-0.25, -0.2) is 9.19 Å². The van der Waals surface area contributed by atoms with Crippen molar-refractivity contribution in [1.29, 1.82) is 0 Å². The number of carbonyl (C=O) groups excluding carboxylic acids is 2. The second-order valence-electron chi connectivity index (χ2n) is 12.8. The van der Waals surface area contributed by atoms with Gasteiger partial charge in [-0.05, 0) is 29.2 Å². The summed E-state index contributed by atoms with van der Waals surface area (Å²) in [7, 11) is -4.61. The van der Waals surface area contributed by atoms with Crippen LogP contribution in [0.2, 0.25) is 0 Å². The number of benzene rings is 1. The van der Waals surface area contributed by atoms with Gasteiger partial charge in [-0.2, -0.15) is 0 Å². The first kappa shape index (κ1) is 44.0. The third-order valence-electron chi connectivity index (χ3n) is 8.38. The number of nitrogens with zero attached hydrogens (tertiary/aromatic N) is 3. The number of esters is 2. The Kier molecular flexibility index (Phi) is 23.0. The monoisotopic (exact) mass is 742 g/mol. The van der Waals surface area contributed by atoms with E-state index in [1.165, 1.54) is 76.3 Å². The maximum Gasteiger partial charge on any atom is 0.472 e. The van der Waals surface area contributed by atoms with E-state index in [4.69, 9.17) is 18.5 Å². The predicted octanol–water partition coefficient (Wildman–Crippen LogP) is 8.97. The van der Waals surface area contributed by atoms with E-state index in [1.54, 1.807) is 0 Å². The van der Waals surface area contributed by atoms with Gasteiger partial charge < -0.3 is 19.7 Å². The van der Waals surface area contributed by atoms with Crippen LogP contribution >= 0.6 is 7.82 Å². The molecule has 15 nitrogen and oxygen atoms in total. The minimum Gasteiger partial charge on any atom is -0.462 e. The molecular formula is C35H59N4O11P.